The molecule has 16 heavy (non-hydrogen) atoms. The second-order valence-electron chi connectivity index (χ2n) is 5.64. The Morgan fingerprint density at radius 1 is 1.31 bits per heavy atom. The van der Waals surface area contributed by atoms with Crippen LogP contribution in [0.15, 0.2) is 17.8 Å². The van der Waals surface area contributed by atoms with E-state index < -0.39 is 0 Å². The van der Waals surface area contributed by atoms with Gasteiger partial charge in [0.1, 0.15) is 0 Å². The molecule has 1 heteroatoms. The van der Waals surface area contributed by atoms with Crippen molar-refractivity contribution >= 4 is 5.57 Å². The SMILES string of the molecule is CC1=C(C)c2c(C(C)C)ccn2CC(C)C1. The molecule has 0 fully saturated rings. The third-order valence-corrected chi connectivity index (χ3v) is 3.78. The van der Waals surface area contributed by atoms with Crippen LogP contribution in [-0.4, -0.2) is 4.57 Å². The highest BCUT2D eigenvalue weighted by atomic mass is 15.0. The molecule has 1 nitrogen and oxygen atoms in total. The van der Waals surface area contributed by atoms with Gasteiger partial charge >= 0.3 is 0 Å². The van der Waals surface area contributed by atoms with Crippen LogP contribution in [0.2, 0.25) is 0 Å². The molecule has 0 saturated carbocycles. The molecule has 2 heterocycles. The van der Waals surface area contributed by atoms with E-state index >= 15 is 0 Å². The Bertz CT molecular complexity index is 421. The first-order valence-corrected chi connectivity index (χ1v) is 6.36. The van der Waals surface area contributed by atoms with Crippen LogP contribution in [-0.2, 0) is 6.54 Å². The van der Waals surface area contributed by atoms with Crippen LogP contribution in [0.3, 0.4) is 0 Å². The van der Waals surface area contributed by atoms with Gasteiger partial charge in [-0.2, -0.15) is 0 Å². The first-order valence-electron chi connectivity index (χ1n) is 6.36. The van der Waals surface area contributed by atoms with Gasteiger partial charge in [0.2, 0.25) is 0 Å². The molecule has 0 radical (unpaired) electrons. The van der Waals surface area contributed by atoms with Crippen molar-refractivity contribution in [1.82, 2.24) is 4.57 Å². The van der Waals surface area contributed by atoms with Crippen molar-refractivity contribution in [3.05, 3.63) is 29.1 Å². The lowest BCUT2D eigenvalue weighted by molar-refractivity contribution is 0.485. The number of hydrogen-bond donors (Lipinski definition) is 0. The van der Waals surface area contributed by atoms with Crippen molar-refractivity contribution in [1.29, 1.82) is 0 Å². The summed E-state index contributed by atoms with van der Waals surface area (Å²) in [6, 6.07) is 2.30. The predicted molar refractivity (Wildman–Crippen MR) is 70.6 cm³/mol. The molecule has 1 aliphatic rings. The first kappa shape index (κ1) is 11.5. The van der Waals surface area contributed by atoms with E-state index in [0.29, 0.717) is 5.92 Å². The number of rotatable bonds is 1. The Labute approximate surface area is 99.2 Å². The zero-order valence-electron chi connectivity index (χ0n) is 11.2. The van der Waals surface area contributed by atoms with Gasteiger partial charge in [0, 0.05) is 18.4 Å². The predicted octanol–water partition coefficient (Wildman–Crippen LogP) is 4.44. The summed E-state index contributed by atoms with van der Waals surface area (Å²) in [6.45, 7) is 12.7. The fourth-order valence-corrected chi connectivity index (χ4v) is 2.82. The largest absolute Gasteiger partial charge is 0.347 e. The quantitative estimate of drug-likeness (QED) is 0.655. The summed E-state index contributed by atoms with van der Waals surface area (Å²) in [4.78, 5) is 0. The van der Waals surface area contributed by atoms with Gasteiger partial charge in [0.25, 0.3) is 0 Å². The van der Waals surface area contributed by atoms with Gasteiger partial charge in [0.15, 0.2) is 0 Å². The van der Waals surface area contributed by atoms with E-state index in [1.807, 2.05) is 0 Å². The zero-order chi connectivity index (χ0) is 11.9. The maximum atomic E-state index is 2.45. The molecule has 2 rings (SSSR count). The van der Waals surface area contributed by atoms with Crippen LogP contribution in [0.5, 0.6) is 0 Å². The van der Waals surface area contributed by atoms with Crippen molar-refractivity contribution < 1.29 is 0 Å². The molecule has 0 amide bonds. The number of hydrogen-bond acceptors (Lipinski definition) is 0. The number of allylic oxidation sites excluding steroid dienone is 2. The average molecular weight is 217 g/mol. The van der Waals surface area contributed by atoms with Gasteiger partial charge in [-0.15, -0.1) is 0 Å². The Morgan fingerprint density at radius 3 is 2.62 bits per heavy atom. The minimum atomic E-state index is 0.618. The Kier molecular flexibility index (Phi) is 2.96. The monoisotopic (exact) mass is 217 g/mol. The molecule has 1 atom stereocenters. The molecule has 1 unspecified atom stereocenters. The smallest absolute Gasteiger partial charge is 0.0471 e. The molecule has 0 N–H and O–H groups in total. The van der Waals surface area contributed by atoms with Crippen LogP contribution >= 0.6 is 0 Å². The molecule has 0 spiro atoms. The van der Waals surface area contributed by atoms with Crippen molar-refractivity contribution in [3.63, 3.8) is 0 Å². The van der Waals surface area contributed by atoms with Crippen LogP contribution in [0.25, 0.3) is 5.57 Å². The first-order chi connectivity index (χ1) is 7.50. The van der Waals surface area contributed by atoms with E-state index in [0.717, 1.165) is 12.5 Å². The summed E-state index contributed by atoms with van der Waals surface area (Å²) in [6.07, 6.45) is 3.51. The zero-order valence-corrected chi connectivity index (χ0v) is 11.2. The molecule has 88 valence electrons. The maximum Gasteiger partial charge on any atom is 0.0471 e. The normalized spacial score (nSPS) is 21.2. The summed E-state index contributed by atoms with van der Waals surface area (Å²) in [5.41, 5.74) is 6.05. The van der Waals surface area contributed by atoms with Crippen LogP contribution in [0.1, 0.15) is 58.2 Å². The van der Waals surface area contributed by atoms with E-state index in [1.165, 1.54) is 23.3 Å². The number of fused-ring (bicyclic) bond motifs is 1. The Morgan fingerprint density at radius 2 is 2.00 bits per heavy atom. The van der Waals surface area contributed by atoms with E-state index in [9.17, 15) is 0 Å². The number of aromatic nitrogens is 1. The average Bonchev–Trinajstić information content (AvgIpc) is 2.55. The van der Waals surface area contributed by atoms with Crippen LogP contribution in [0.4, 0.5) is 0 Å². The van der Waals surface area contributed by atoms with E-state index in [2.05, 4.69) is 51.4 Å². The molecule has 1 aromatic rings. The third-order valence-electron chi connectivity index (χ3n) is 3.78. The maximum absolute atomic E-state index is 2.45. The molecule has 1 aliphatic heterocycles. The molecule has 0 bridgehead atoms. The summed E-state index contributed by atoms with van der Waals surface area (Å²) in [7, 11) is 0. The van der Waals surface area contributed by atoms with Crippen molar-refractivity contribution in [2.75, 3.05) is 0 Å². The summed E-state index contributed by atoms with van der Waals surface area (Å²) >= 11 is 0. The van der Waals surface area contributed by atoms with Crippen molar-refractivity contribution in [2.24, 2.45) is 5.92 Å². The topological polar surface area (TPSA) is 4.93 Å². The summed E-state index contributed by atoms with van der Waals surface area (Å²) in [5, 5.41) is 0. The molecule has 0 saturated heterocycles. The molecular formula is C15H23N. The number of nitrogens with zero attached hydrogens (tertiary/aromatic N) is 1. The highest BCUT2D eigenvalue weighted by Crippen LogP contribution is 2.34. The highest BCUT2D eigenvalue weighted by Gasteiger charge is 2.20. The van der Waals surface area contributed by atoms with E-state index in [4.69, 9.17) is 0 Å². The van der Waals surface area contributed by atoms with Gasteiger partial charge < -0.3 is 4.57 Å². The van der Waals surface area contributed by atoms with Gasteiger partial charge in [-0.1, -0.05) is 26.3 Å². The van der Waals surface area contributed by atoms with E-state index in [-0.39, 0.29) is 0 Å². The van der Waals surface area contributed by atoms with E-state index in [1.54, 1.807) is 5.57 Å². The Balaban J connectivity index is 2.58. The second-order valence-corrected chi connectivity index (χ2v) is 5.64. The lowest BCUT2D eigenvalue weighted by atomic mass is 9.95. The van der Waals surface area contributed by atoms with Gasteiger partial charge in [0.05, 0.1) is 0 Å². The Hall–Kier alpha value is -0.980. The van der Waals surface area contributed by atoms with Gasteiger partial charge in [-0.3, -0.25) is 0 Å². The van der Waals surface area contributed by atoms with Crippen molar-refractivity contribution in [3.8, 4) is 0 Å². The standard InChI is InChI=1S/C15H23N/c1-10(2)14-6-7-16-9-11(3)8-12(4)13(5)15(14)16/h6-7,10-11H,8-9H2,1-5H3. The van der Waals surface area contributed by atoms with Crippen molar-refractivity contribution in [2.45, 2.75) is 53.5 Å². The summed E-state index contributed by atoms with van der Waals surface area (Å²) < 4.78 is 2.45. The highest BCUT2D eigenvalue weighted by molar-refractivity contribution is 5.68. The summed E-state index contributed by atoms with van der Waals surface area (Å²) in [5.74, 6) is 1.37. The minimum Gasteiger partial charge on any atom is -0.347 e. The molecule has 1 aromatic heterocycles. The van der Waals surface area contributed by atoms with Gasteiger partial charge in [-0.25, -0.2) is 0 Å². The lowest BCUT2D eigenvalue weighted by Gasteiger charge is -2.13. The van der Waals surface area contributed by atoms with Gasteiger partial charge in [-0.05, 0) is 49.3 Å². The van der Waals surface area contributed by atoms with Crippen LogP contribution in [0, 0.1) is 5.92 Å². The lowest BCUT2D eigenvalue weighted by Crippen LogP contribution is -2.06. The second kappa shape index (κ2) is 4.12. The fourth-order valence-electron chi connectivity index (χ4n) is 2.82. The molecule has 0 aromatic carbocycles. The van der Waals surface area contributed by atoms with Crippen LogP contribution < -0.4 is 0 Å². The minimum absolute atomic E-state index is 0.618. The molecule has 0 aliphatic carbocycles. The molecular weight excluding hydrogens is 194 g/mol. The third kappa shape index (κ3) is 1.83. The fraction of sp³-hybridized carbons (Fsp3) is 0.600.